The van der Waals surface area contributed by atoms with Crippen LogP contribution in [0.2, 0.25) is 30.1 Å². The fourth-order valence-corrected chi connectivity index (χ4v) is 8.82. The monoisotopic (exact) mass is 917 g/mol. The lowest BCUT2D eigenvalue weighted by molar-refractivity contribution is 0.0722. The van der Waals surface area contributed by atoms with Gasteiger partial charge in [-0.2, -0.15) is 0 Å². The van der Waals surface area contributed by atoms with Crippen LogP contribution in [0.4, 0.5) is 21.0 Å². The zero-order valence-corrected chi connectivity index (χ0v) is 37.1. The molecule has 2 aliphatic heterocycles. The summed E-state index contributed by atoms with van der Waals surface area (Å²) in [5.74, 6) is 0. The third-order valence-electron chi connectivity index (χ3n) is 9.97. The number of amides is 2. The number of hydrogen-bond donors (Lipinski definition) is 1. The number of benzene rings is 4. The second-order valence-electron chi connectivity index (χ2n) is 13.4. The van der Waals surface area contributed by atoms with Crippen LogP contribution in [0, 0.1) is 6.57 Å². The average Bonchev–Trinajstić information content (AvgIpc) is 3.19. The third-order valence-corrected chi connectivity index (χ3v) is 11.6. The molecule has 2 saturated heterocycles. The van der Waals surface area contributed by atoms with Crippen molar-refractivity contribution in [3.8, 4) is 0 Å². The number of ether oxygens (including phenoxy) is 2. The number of carbonyl (C=O) groups is 2. The Morgan fingerprint density at radius 1 is 0.644 bits per heavy atom. The molecule has 59 heavy (non-hydrogen) atoms. The number of halogens is 6. The molecule has 2 heterocycles. The molecule has 2 aliphatic rings. The smallest absolute Gasteiger partial charge is 0.410 e. The topological polar surface area (TPSA) is 95.9 Å². The zero-order valence-electron chi connectivity index (χ0n) is 32.5. The van der Waals surface area contributed by atoms with Gasteiger partial charge in [-0.15, -0.1) is 0 Å². The largest absolute Gasteiger partial charge is 0.450 e. The van der Waals surface area contributed by atoms with Gasteiger partial charge in [0, 0.05) is 54.7 Å². The van der Waals surface area contributed by atoms with E-state index in [1.807, 2.05) is 54.6 Å². The maximum atomic E-state index is 12.6. The molecule has 0 aromatic heterocycles. The highest BCUT2D eigenvalue weighted by molar-refractivity contribution is 6.37. The van der Waals surface area contributed by atoms with Crippen LogP contribution < -0.4 is 15.5 Å². The first-order valence-electron chi connectivity index (χ1n) is 18.8. The molecule has 17 heteroatoms. The number of nitrogens with zero attached hydrogens (tertiary/aromatic N) is 5. The van der Waals surface area contributed by atoms with Gasteiger partial charge < -0.3 is 34.8 Å². The van der Waals surface area contributed by atoms with E-state index in [0.29, 0.717) is 75.9 Å². The van der Waals surface area contributed by atoms with Gasteiger partial charge in [0.15, 0.2) is 0 Å². The van der Waals surface area contributed by atoms with Crippen molar-refractivity contribution in [3.05, 3.63) is 138 Å². The van der Waals surface area contributed by atoms with E-state index in [0.717, 1.165) is 22.5 Å². The summed E-state index contributed by atoms with van der Waals surface area (Å²) in [5.41, 5.74) is 9.55. The highest BCUT2D eigenvalue weighted by Gasteiger charge is 2.43. The van der Waals surface area contributed by atoms with Crippen molar-refractivity contribution in [1.29, 1.82) is 0 Å². The van der Waals surface area contributed by atoms with Gasteiger partial charge >= 0.3 is 12.2 Å². The molecule has 0 aliphatic carbocycles. The number of carbonyl (C=O) groups excluding carboxylic acids is 2. The van der Waals surface area contributed by atoms with Crippen LogP contribution in [0.5, 0.6) is 0 Å². The van der Waals surface area contributed by atoms with Crippen molar-refractivity contribution in [2.75, 3.05) is 62.3 Å². The van der Waals surface area contributed by atoms with Gasteiger partial charge in [-0.05, 0) is 98.6 Å². The molecular formula is C42H44BCl6N6O4. The Balaban J connectivity index is 0.000000256. The Kier molecular flexibility index (Phi) is 18.5. The summed E-state index contributed by atoms with van der Waals surface area (Å²) >= 11 is 37.4. The van der Waals surface area contributed by atoms with Crippen LogP contribution in [0.15, 0.2) is 84.9 Å². The third kappa shape index (κ3) is 11.8. The number of piperazine rings is 2. The Morgan fingerprint density at radius 3 is 1.41 bits per heavy atom. The van der Waals surface area contributed by atoms with E-state index in [1.165, 1.54) is 0 Å². The predicted octanol–water partition coefficient (Wildman–Crippen LogP) is 11.0. The lowest BCUT2D eigenvalue weighted by atomic mass is 9.91. The lowest BCUT2D eigenvalue weighted by Crippen LogP contribution is -2.58. The van der Waals surface area contributed by atoms with E-state index in [-0.39, 0.29) is 45.8 Å². The van der Waals surface area contributed by atoms with Crippen LogP contribution in [-0.4, -0.2) is 95.0 Å². The van der Waals surface area contributed by atoms with Gasteiger partial charge in [-0.1, -0.05) is 93.9 Å². The molecule has 2 fully saturated rings. The average molecular weight is 920 g/mol. The summed E-state index contributed by atoms with van der Waals surface area (Å²) in [4.78, 5) is 36.6. The Morgan fingerprint density at radius 2 is 1.03 bits per heavy atom. The van der Waals surface area contributed by atoms with E-state index < -0.39 is 12.1 Å². The maximum absolute atomic E-state index is 12.6. The molecule has 10 nitrogen and oxygen atoms in total. The summed E-state index contributed by atoms with van der Waals surface area (Å²) < 4.78 is 10.5. The number of hydrogen-bond acceptors (Lipinski definition) is 7. The van der Waals surface area contributed by atoms with Gasteiger partial charge in [0.05, 0.1) is 52.8 Å². The molecule has 2 amide bonds. The van der Waals surface area contributed by atoms with Crippen LogP contribution in [0.3, 0.4) is 0 Å². The van der Waals surface area contributed by atoms with E-state index in [9.17, 15) is 9.59 Å². The van der Waals surface area contributed by atoms with Gasteiger partial charge in [0.1, 0.15) is 6.04 Å². The quantitative estimate of drug-likeness (QED) is 0.132. The molecule has 6 rings (SSSR count). The Bertz CT molecular complexity index is 2060. The highest BCUT2D eigenvalue weighted by Crippen LogP contribution is 2.42. The SMILES string of the molecule is CCOC(=O)N1CCN(c2ccc(Cl)cc2Cl)C(c2ccc(Cl)cc2)[C@H]1CCN.[B].[C-]#[N+]C[C@@H]1C(c2ccc(Cl)cc2)N(c2ccc(Cl)cc2Cl)CCN1C(=O)OCC. The van der Waals surface area contributed by atoms with E-state index in [2.05, 4.69) is 14.6 Å². The predicted molar refractivity (Wildman–Crippen MR) is 242 cm³/mol. The molecule has 2 unspecified atom stereocenters. The summed E-state index contributed by atoms with van der Waals surface area (Å²) in [6.45, 7) is 14.2. The van der Waals surface area contributed by atoms with E-state index in [1.54, 1.807) is 54.0 Å². The van der Waals surface area contributed by atoms with Crippen molar-refractivity contribution < 1.29 is 19.1 Å². The molecule has 4 aromatic carbocycles. The van der Waals surface area contributed by atoms with Crippen LogP contribution in [0.25, 0.3) is 4.85 Å². The van der Waals surface area contributed by atoms with E-state index in [4.69, 9.17) is 91.4 Å². The molecule has 311 valence electrons. The first kappa shape index (κ1) is 47.9. The van der Waals surface area contributed by atoms with Gasteiger partial charge in [0.2, 0.25) is 6.54 Å². The first-order valence-corrected chi connectivity index (χ1v) is 21.0. The molecule has 3 radical (unpaired) electrons. The summed E-state index contributed by atoms with van der Waals surface area (Å²) in [6.07, 6.45) is -0.123. The zero-order chi connectivity index (χ0) is 41.9. The Labute approximate surface area is 378 Å². The standard InChI is InChI=1S/C21H20Cl3N3O2.C21H24Cl3N3O2.B/c1-3-29-21(28)27-11-10-26(18-9-8-16(23)12-17(18)24)20(19(27)13-25-2)14-4-6-15(22)7-5-14;1-2-29-21(28)27-12-11-26(18-8-7-16(23)13-17(18)24)20(19(27)9-10-25)14-3-5-15(22)6-4-14;/h4-9,12,19-20H,3,10-11,13H2,1H3;3-8,13,19-20H,2,9-12,25H2,1H3;/t2*19-,20?;/m11./s1. The van der Waals surface area contributed by atoms with Crippen molar-refractivity contribution in [2.24, 2.45) is 5.73 Å². The van der Waals surface area contributed by atoms with Gasteiger partial charge in [-0.3, -0.25) is 4.90 Å². The second kappa shape index (κ2) is 22.8. The minimum atomic E-state index is -0.415. The van der Waals surface area contributed by atoms with Gasteiger partial charge in [-0.25, -0.2) is 16.2 Å². The van der Waals surface area contributed by atoms with Crippen LogP contribution in [0.1, 0.15) is 43.5 Å². The number of anilines is 2. The maximum Gasteiger partial charge on any atom is 0.410 e. The summed E-state index contributed by atoms with van der Waals surface area (Å²) in [7, 11) is 0. The molecule has 0 spiro atoms. The molecule has 4 aromatic rings. The fourth-order valence-electron chi connectivity index (χ4n) is 7.53. The van der Waals surface area contributed by atoms with Crippen LogP contribution >= 0.6 is 69.6 Å². The van der Waals surface area contributed by atoms with Crippen molar-refractivity contribution in [1.82, 2.24) is 9.80 Å². The van der Waals surface area contributed by atoms with Gasteiger partial charge in [0.25, 0.3) is 0 Å². The van der Waals surface area contributed by atoms with Crippen molar-refractivity contribution in [3.63, 3.8) is 0 Å². The lowest BCUT2D eigenvalue weighted by Gasteiger charge is -2.48. The molecule has 0 bridgehead atoms. The van der Waals surface area contributed by atoms with Crippen molar-refractivity contribution >= 4 is 102 Å². The van der Waals surface area contributed by atoms with E-state index >= 15 is 0 Å². The second-order valence-corrected chi connectivity index (χ2v) is 16.0. The molecule has 4 atom stereocenters. The minimum absolute atomic E-state index is 0. The summed E-state index contributed by atoms with van der Waals surface area (Å²) in [5, 5.41) is 3.47. The molecule has 2 N–H and O–H groups in total. The Hall–Kier alpha value is -3.73. The highest BCUT2D eigenvalue weighted by atomic mass is 35.5. The summed E-state index contributed by atoms with van der Waals surface area (Å²) in [6, 6.07) is 24.8. The minimum Gasteiger partial charge on any atom is -0.450 e. The molecule has 0 saturated carbocycles. The first-order chi connectivity index (χ1) is 27.9. The van der Waals surface area contributed by atoms with Crippen molar-refractivity contribution in [2.45, 2.75) is 44.4 Å². The molecular weight excluding hydrogens is 876 g/mol. The number of nitrogens with two attached hydrogens (primary N) is 1. The fraction of sp³-hybridized carbons (Fsp3) is 0.357. The number of rotatable bonds is 9. The van der Waals surface area contributed by atoms with Crippen LogP contribution in [-0.2, 0) is 9.47 Å². The normalized spacial score (nSPS) is 18.8.